The number of carbonyl (C=O) groups excluding carboxylic acids is 1. The third-order valence-electron chi connectivity index (χ3n) is 4.57. The van der Waals surface area contributed by atoms with E-state index >= 15 is 0 Å². The van der Waals surface area contributed by atoms with Crippen LogP contribution in [0.25, 0.3) is 0 Å². The SMILES string of the molecule is O=C(CN1CCCS1(=O)=O)Nc1cc(C(F)(F)F)ccc1N1CCCC1. The average molecular weight is 391 g/mol. The van der Waals surface area contributed by atoms with Crippen molar-refractivity contribution in [2.24, 2.45) is 0 Å². The number of sulfonamides is 1. The number of anilines is 2. The van der Waals surface area contributed by atoms with Gasteiger partial charge >= 0.3 is 6.18 Å². The molecule has 1 amide bonds. The first-order valence-corrected chi connectivity index (χ1v) is 10.0. The maximum Gasteiger partial charge on any atom is 0.416 e. The number of halogens is 3. The smallest absolute Gasteiger partial charge is 0.370 e. The largest absolute Gasteiger partial charge is 0.416 e. The predicted octanol–water partition coefficient (Wildman–Crippen LogP) is 2.28. The Balaban J connectivity index is 1.82. The standard InChI is InChI=1S/C16H20F3N3O3S/c17-16(18,19)12-4-5-14(21-6-1-2-7-21)13(10-12)20-15(23)11-22-8-3-9-26(22,24)25/h4-5,10H,1-3,6-9,11H2,(H,20,23). The highest BCUT2D eigenvalue weighted by Crippen LogP contribution is 2.36. The minimum atomic E-state index is -4.53. The first-order chi connectivity index (χ1) is 12.2. The summed E-state index contributed by atoms with van der Waals surface area (Å²) < 4.78 is 63.8. The van der Waals surface area contributed by atoms with Crippen LogP contribution in [0.5, 0.6) is 0 Å². The number of carbonyl (C=O) groups is 1. The van der Waals surface area contributed by atoms with Crippen LogP contribution in [0.4, 0.5) is 24.5 Å². The fourth-order valence-electron chi connectivity index (χ4n) is 3.27. The van der Waals surface area contributed by atoms with Crippen molar-refractivity contribution in [3.63, 3.8) is 0 Å². The van der Waals surface area contributed by atoms with Gasteiger partial charge in [-0.05, 0) is 37.5 Å². The molecule has 2 fully saturated rings. The number of hydrogen-bond acceptors (Lipinski definition) is 4. The molecule has 0 spiro atoms. The number of benzene rings is 1. The number of hydrogen-bond donors (Lipinski definition) is 1. The summed E-state index contributed by atoms with van der Waals surface area (Å²) in [7, 11) is -3.45. The van der Waals surface area contributed by atoms with Gasteiger partial charge in [0, 0.05) is 19.6 Å². The zero-order valence-electron chi connectivity index (χ0n) is 14.1. The van der Waals surface area contributed by atoms with Gasteiger partial charge < -0.3 is 10.2 Å². The maximum absolute atomic E-state index is 13.0. The van der Waals surface area contributed by atoms with Crippen molar-refractivity contribution in [3.05, 3.63) is 23.8 Å². The molecule has 2 aliphatic heterocycles. The topological polar surface area (TPSA) is 69.7 Å². The summed E-state index contributed by atoms with van der Waals surface area (Å²) in [6.07, 6.45) is -2.22. The van der Waals surface area contributed by atoms with E-state index < -0.39 is 34.2 Å². The van der Waals surface area contributed by atoms with Gasteiger partial charge in [-0.1, -0.05) is 0 Å². The summed E-state index contributed by atoms with van der Waals surface area (Å²) in [5, 5.41) is 2.48. The fraction of sp³-hybridized carbons (Fsp3) is 0.562. The Morgan fingerprint density at radius 1 is 1.12 bits per heavy atom. The van der Waals surface area contributed by atoms with Crippen molar-refractivity contribution >= 4 is 27.3 Å². The second-order valence-electron chi connectivity index (χ2n) is 6.48. The van der Waals surface area contributed by atoms with Crippen LogP contribution in [0, 0.1) is 0 Å². The average Bonchev–Trinajstić information content (AvgIpc) is 3.17. The molecular weight excluding hydrogens is 371 g/mol. The Hall–Kier alpha value is -1.81. The molecule has 3 rings (SSSR count). The molecule has 1 aromatic carbocycles. The lowest BCUT2D eigenvalue weighted by Gasteiger charge is -2.23. The Labute approximate surface area is 150 Å². The Morgan fingerprint density at radius 3 is 2.38 bits per heavy atom. The normalized spacial score (nSPS) is 20.5. The highest BCUT2D eigenvalue weighted by molar-refractivity contribution is 7.89. The van der Waals surface area contributed by atoms with E-state index in [1.807, 2.05) is 4.90 Å². The van der Waals surface area contributed by atoms with E-state index in [1.165, 1.54) is 6.07 Å². The fourth-order valence-corrected chi connectivity index (χ4v) is 4.74. The molecule has 0 atom stereocenters. The van der Waals surface area contributed by atoms with E-state index in [4.69, 9.17) is 0 Å². The van der Waals surface area contributed by atoms with Crippen LogP contribution in [-0.2, 0) is 21.0 Å². The van der Waals surface area contributed by atoms with E-state index in [1.54, 1.807) is 0 Å². The lowest BCUT2D eigenvalue weighted by Crippen LogP contribution is -2.35. The van der Waals surface area contributed by atoms with Gasteiger partial charge in [0.25, 0.3) is 0 Å². The zero-order chi connectivity index (χ0) is 18.9. The molecule has 0 unspecified atom stereocenters. The van der Waals surface area contributed by atoms with Crippen LogP contribution in [0.2, 0.25) is 0 Å². The molecule has 0 saturated carbocycles. The zero-order valence-corrected chi connectivity index (χ0v) is 14.9. The van der Waals surface area contributed by atoms with Crippen molar-refractivity contribution in [3.8, 4) is 0 Å². The third kappa shape index (κ3) is 4.12. The van der Waals surface area contributed by atoms with E-state index in [2.05, 4.69) is 5.32 Å². The Kier molecular flexibility index (Phi) is 5.16. The van der Waals surface area contributed by atoms with Crippen LogP contribution in [0.15, 0.2) is 18.2 Å². The van der Waals surface area contributed by atoms with Gasteiger partial charge in [0.05, 0.1) is 29.2 Å². The number of nitrogens with one attached hydrogen (secondary N) is 1. The van der Waals surface area contributed by atoms with Crippen molar-refractivity contribution < 1.29 is 26.4 Å². The molecule has 1 N–H and O–H groups in total. The lowest BCUT2D eigenvalue weighted by molar-refractivity contribution is -0.137. The summed E-state index contributed by atoms with van der Waals surface area (Å²) in [5.41, 5.74) is -0.277. The molecule has 0 radical (unpaired) electrons. The second-order valence-corrected chi connectivity index (χ2v) is 8.56. The van der Waals surface area contributed by atoms with Gasteiger partial charge in [-0.2, -0.15) is 17.5 Å². The van der Waals surface area contributed by atoms with Crippen LogP contribution in [-0.4, -0.2) is 50.6 Å². The molecule has 2 heterocycles. The van der Waals surface area contributed by atoms with Crippen LogP contribution in [0.1, 0.15) is 24.8 Å². The van der Waals surface area contributed by atoms with Gasteiger partial charge in [-0.25, -0.2) is 8.42 Å². The first-order valence-electron chi connectivity index (χ1n) is 8.41. The summed E-state index contributed by atoms with van der Waals surface area (Å²) >= 11 is 0. The maximum atomic E-state index is 13.0. The highest BCUT2D eigenvalue weighted by atomic mass is 32.2. The first kappa shape index (κ1) is 19.0. The van der Waals surface area contributed by atoms with E-state index in [-0.39, 0.29) is 18.0 Å². The van der Waals surface area contributed by atoms with Crippen molar-refractivity contribution in [1.29, 1.82) is 0 Å². The summed E-state index contributed by atoms with van der Waals surface area (Å²) in [6, 6.07) is 3.26. The van der Waals surface area contributed by atoms with E-state index in [9.17, 15) is 26.4 Å². The van der Waals surface area contributed by atoms with E-state index in [0.717, 1.165) is 29.3 Å². The Morgan fingerprint density at radius 2 is 1.81 bits per heavy atom. The summed E-state index contributed by atoms with van der Waals surface area (Å²) in [4.78, 5) is 14.2. The van der Waals surface area contributed by atoms with Crippen molar-refractivity contribution in [1.82, 2.24) is 4.31 Å². The van der Waals surface area contributed by atoms with Crippen LogP contribution >= 0.6 is 0 Å². The van der Waals surface area contributed by atoms with Gasteiger partial charge in [-0.3, -0.25) is 4.79 Å². The molecule has 26 heavy (non-hydrogen) atoms. The van der Waals surface area contributed by atoms with Gasteiger partial charge in [0.2, 0.25) is 15.9 Å². The molecule has 10 heteroatoms. The molecular formula is C16H20F3N3O3S. The predicted molar refractivity (Wildman–Crippen MR) is 91.5 cm³/mol. The number of rotatable bonds is 4. The summed E-state index contributed by atoms with van der Waals surface area (Å²) in [5.74, 6) is -0.654. The second kappa shape index (κ2) is 7.07. The number of amides is 1. The Bertz CT molecular complexity index is 790. The lowest BCUT2D eigenvalue weighted by atomic mass is 10.1. The number of nitrogens with zero attached hydrogens (tertiary/aromatic N) is 2. The molecule has 2 aliphatic rings. The van der Waals surface area contributed by atoms with Gasteiger partial charge in [0.15, 0.2) is 0 Å². The highest BCUT2D eigenvalue weighted by Gasteiger charge is 2.33. The third-order valence-corrected chi connectivity index (χ3v) is 6.47. The van der Waals surface area contributed by atoms with Crippen molar-refractivity contribution in [2.45, 2.75) is 25.4 Å². The van der Waals surface area contributed by atoms with E-state index in [0.29, 0.717) is 25.2 Å². The molecule has 0 bridgehead atoms. The quantitative estimate of drug-likeness (QED) is 0.855. The molecule has 2 saturated heterocycles. The van der Waals surface area contributed by atoms with Crippen molar-refractivity contribution in [2.75, 3.05) is 42.1 Å². The van der Waals surface area contributed by atoms with Crippen LogP contribution < -0.4 is 10.2 Å². The van der Waals surface area contributed by atoms with Gasteiger partial charge in [0.1, 0.15) is 0 Å². The van der Waals surface area contributed by atoms with Crippen LogP contribution in [0.3, 0.4) is 0 Å². The minimum Gasteiger partial charge on any atom is -0.370 e. The molecule has 1 aromatic rings. The summed E-state index contributed by atoms with van der Waals surface area (Å²) in [6.45, 7) is 1.26. The molecule has 6 nitrogen and oxygen atoms in total. The molecule has 144 valence electrons. The molecule has 0 aromatic heterocycles. The number of alkyl halides is 3. The monoisotopic (exact) mass is 391 g/mol. The van der Waals surface area contributed by atoms with Gasteiger partial charge in [-0.15, -0.1) is 0 Å². The minimum absolute atomic E-state index is 0.0110. The molecule has 0 aliphatic carbocycles.